The fourth-order valence-corrected chi connectivity index (χ4v) is 4.31. The average Bonchev–Trinajstić information content (AvgIpc) is 3.29. The van der Waals surface area contributed by atoms with Gasteiger partial charge in [-0.2, -0.15) is 4.37 Å². The number of ether oxygens (including phenoxy) is 2. The van der Waals surface area contributed by atoms with Crippen LogP contribution in [0.25, 0.3) is 0 Å². The van der Waals surface area contributed by atoms with Crippen molar-refractivity contribution in [2.24, 2.45) is 5.73 Å². The number of hydrogen-bond donors (Lipinski definition) is 3. The molecule has 1 aromatic heterocycles. The molecule has 5 N–H and O–H groups in total. The largest absolute Gasteiger partial charge is 0.497 e. The minimum absolute atomic E-state index is 0.110. The third-order valence-corrected chi connectivity index (χ3v) is 6.24. The van der Waals surface area contributed by atoms with Crippen LogP contribution in [-0.2, 0) is 20.9 Å². The summed E-state index contributed by atoms with van der Waals surface area (Å²) in [7, 11) is 1.51. The second-order valence-corrected chi connectivity index (χ2v) is 8.67. The summed E-state index contributed by atoms with van der Waals surface area (Å²) in [5.41, 5.74) is 11.7. The molecule has 0 aliphatic heterocycles. The molecule has 0 aliphatic rings. The van der Waals surface area contributed by atoms with E-state index < -0.39 is 42.1 Å². The summed E-state index contributed by atoms with van der Waals surface area (Å²) in [6.45, 7) is 1.17. The Balaban J connectivity index is 2.09. The van der Waals surface area contributed by atoms with Gasteiger partial charge in [0.15, 0.2) is 5.69 Å². The van der Waals surface area contributed by atoms with Gasteiger partial charge in [-0.25, -0.2) is 4.39 Å². The van der Waals surface area contributed by atoms with Crippen LogP contribution in [0.1, 0.15) is 44.3 Å². The second-order valence-electron chi connectivity index (χ2n) is 7.90. The lowest BCUT2D eigenvalue weighted by Crippen LogP contribution is -2.44. The van der Waals surface area contributed by atoms with E-state index >= 15 is 0 Å². The zero-order valence-corrected chi connectivity index (χ0v) is 21.4. The number of nitrogens with zero attached hydrogens (tertiary/aromatic N) is 2. The predicted molar refractivity (Wildman–Crippen MR) is 137 cm³/mol. The molecule has 0 aliphatic carbocycles. The first kappa shape index (κ1) is 28.1. The Kier molecular flexibility index (Phi) is 9.33. The molecule has 0 radical (unpaired) electrons. The van der Waals surface area contributed by atoms with Crippen molar-refractivity contribution in [2.75, 3.05) is 26.0 Å². The van der Waals surface area contributed by atoms with Crippen molar-refractivity contribution in [1.82, 2.24) is 14.6 Å². The van der Waals surface area contributed by atoms with Crippen molar-refractivity contribution in [2.45, 2.75) is 19.5 Å². The summed E-state index contributed by atoms with van der Waals surface area (Å²) >= 11 is 0.656. The van der Waals surface area contributed by atoms with Crippen molar-refractivity contribution >= 4 is 40.9 Å². The molecule has 13 heteroatoms. The third kappa shape index (κ3) is 6.62. The number of nitrogens with one attached hydrogen (secondary N) is 1. The van der Waals surface area contributed by atoms with Gasteiger partial charge in [-0.3, -0.25) is 19.2 Å². The normalized spacial score (nSPS) is 11.3. The SMILES string of the molecule is CCOC(=O)CNC(=O)[C@@H](c1ccc(F)cc1)N(Cc1ccc(OC)cc1)C(=O)c1snc(C(N)=O)c1N. The number of nitrogens with two attached hydrogens (primary N) is 2. The number of anilines is 1. The van der Waals surface area contributed by atoms with Gasteiger partial charge in [0.25, 0.3) is 11.8 Å². The van der Waals surface area contributed by atoms with Crippen LogP contribution >= 0.6 is 11.5 Å². The number of aromatic nitrogens is 1. The number of benzene rings is 2. The van der Waals surface area contributed by atoms with Crippen molar-refractivity contribution < 1.29 is 33.0 Å². The first-order chi connectivity index (χ1) is 18.2. The molecule has 0 saturated carbocycles. The number of carbonyl (C=O) groups excluding carboxylic acids is 4. The Labute approximate surface area is 221 Å². The lowest BCUT2D eigenvalue weighted by atomic mass is 10.0. The minimum Gasteiger partial charge on any atom is -0.497 e. The first-order valence-electron chi connectivity index (χ1n) is 11.3. The molecule has 0 unspecified atom stereocenters. The second kappa shape index (κ2) is 12.6. The molecule has 0 saturated heterocycles. The Hall–Kier alpha value is -4.52. The van der Waals surface area contributed by atoms with E-state index in [1.54, 1.807) is 31.2 Å². The van der Waals surface area contributed by atoms with Crippen molar-refractivity contribution in [3.63, 3.8) is 0 Å². The number of halogens is 1. The fourth-order valence-electron chi connectivity index (χ4n) is 3.55. The van der Waals surface area contributed by atoms with E-state index in [-0.39, 0.29) is 35.0 Å². The van der Waals surface area contributed by atoms with Crippen LogP contribution in [0.3, 0.4) is 0 Å². The summed E-state index contributed by atoms with van der Waals surface area (Å²) in [5, 5.41) is 2.47. The van der Waals surface area contributed by atoms with E-state index in [0.717, 1.165) is 12.1 Å². The van der Waals surface area contributed by atoms with Crippen LogP contribution < -0.4 is 21.5 Å². The summed E-state index contributed by atoms with van der Waals surface area (Å²) in [6, 6.07) is 10.4. The third-order valence-electron chi connectivity index (χ3n) is 5.39. The predicted octanol–water partition coefficient (Wildman–Crippen LogP) is 2.03. The molecule has 38 heavy (non-hydrogen) atoms. The number of hydrogen-bond acceptors (Lipinski definition) is 9. The molecular weight excluding hydrogens is 517 g/mol. The molecular formula is C25H26FN5O6S. The van der Waals surface area contributed by atoms with Gasteiger partial charge >= 0.3 is 5.97 Å². The molecule has 0 fully saturated rings. The Bertz CT molecular complexity index is 1310. The number of amides is 3. The fraction of sp³-hybridized carbons (Fsp3) is 0.240. The highest BCUT2D eigenvalue weighted by Gasteiger charge is 2.35. The minimum atomic E-state index is -1.34. The maximum absolute atomic E-state index is 13.8. The lowest BCUT2D eigenvalue weighted by Gasteiger charge is -2.31. The van der Waals surface area contributed by atoms with Gasteiger partial charge in [0, 0.05) is 6.54 Å². The molecule has 3 amide bonds. The van der Waals surface area contributed by atoms with Gasteiger partial charge in [-0.15, -0.1) is 0 Å². The van der Waals surface area contributed by atoms with Crippen LogP contribution in [0, 0.1) is 5.82 Å². The highest BCUT2D eigenvalue weighted by atomic mass is 32.1. The maximum Gasteiger partial charge on any atom is 0.325 e. The molecule has 11 nitrogen and oxygen atoms in total. The van der Waals surface area contributed by atoms with Crippen LogP contribution in [0.5, 0.6) is 5.75 Å². The highest BCUT2D eigenvalue weighted by molar-refractivity contribution is 7.09. The van der Waals surface area contributed by atoms with Crippen LogP contribution in [-0.4, -0.2) is 53.2 Å². The Morgan fingerprint density at radius 2 is 1.76 bits per heavy atom. The quantitative estimate of drug-likeness (QED) is 0.309. The molecule has 1 atom stereocenters. The molecule has 2 aromatic carbocycles. The van der Waals surface area contributed by atoms with Gasteiger partial charge in [-0.1, -0.05) is 24.3 Å². The number of primary amides is 1. The number of carbonyl (C=O) groups is 4. The molecule has 3 aromatic rings. The first-order valence-corrected chi connectivity index (χ1v) is 12.1. The summed E-state index contributed by atoms with van der Waals surface area (Å²) < 4.78 is 27.7. The van der Waals surface area contributed by atoms with E-state index in [9.17, 15) is 23.6 Å². The average molecular weight is 544 g/mol. The van der Waals surface area contributed by atoms with Crippen molar-refractivity contribution in [1.29, 1.82) is 0 Å². The lowest BCUT2D eigenvalue weighted by molar-refractivity contribution is -0.143. The number of rotatable bonds is 11. The van der Waals surface area contributed by atoms with E-state index in [0.29, 0.717) is 22.8 Å². The van der Waals surface area contributed by atoms with Crippen molar-refractivity contribution in [3.05, 3.63) is 76.0 Å². The topological polar surface area (TPSA) is 167 Å². The van der Waals surface area contributed by atoms with E-state index in [2.05, 4.69) is 9.69 Å². The zero-order valence-electron chi connectivity index (χ0n) is 20.6. The summed E-state index contributed by atoms with van der Waals surface area (Å²) in [4.78, 5) is 52.0. The van der Waals surface area contributed by atoms with Crippen molar-refractivity contribution in [3.8, 4) is 5.75 Å². The van der Waals surface area contributed by atoms with Gasteiger partial charge in [0.05, 0.1) is 19.4 Å². The maximum atomic E-state index is 13.8. The zero-order chi connectivity index (χ0) is 27.8. The van der Waals surface area contributed by atoms with Gasteiger partial charge in [0.2, 0.25) is 5.91 Å². The Morgan fingerprint density at radius 3 is 2.32 bits per heavy atom. The molecule has 200 valence electrons. The van der Waals surface area contributed by atoms with E-state index in [4.69, 9.17) is 20.9 Å². The molecule has 0 spiro atoms. The summed E-state index contributed by atoms with van der Waals surface area (Å²) in [6.07, 6.45) is 0. The van der Waals surface area contributed by atoms with Crippen LogP contribution in [0.4, 0.5) is 10.1 Å². The van der Waals surface area contributed by atoms with Crippen LogP contribution in [0.15, 0.2) is 48.5 Å². The Morgan fingerprint density at radius 1 is 1.11 bits per heavy atom. The highest BCUT2D eigenvalue weighted by Crippen LogP contribution is 2.30. The number of esters is 1. The standard InChI is InChI=1S/C25H26FN5O6S/c1-3-37-18(32)12-29-24(34)21(15-6-8-16(26)9-7-15)31(13-14-4-10-17(36-2)11-5-14)25(35)22-19(27)20(23(28)33)30-38-22/h4-11,21H,3,12-13,27H2,1-2H3,(H2,28,33)(H,29,34)/t21-/m1/s1. The summed E-state index contributed by atoms with van der Waals surface area (Å²) in [5.74, 6) is -3.03. The monoisotopic (exact) mass is 543 g/mol. The van der Waals surface area contributed by atoms with E-state index in [1.165, 1.54) is 24.1 Å². The van der Waals surface area contributed by atoms with E-state index in [1.807, 2.05) is 0 Å². The molecule has 0 bridgehead atoms. The van der Waals surface area contributed by atoms with Gasteiger partial charge in [-0.05, 0) is 53.8 Å². The number of nitrogen functional groups attached to an aromatic ring is 1. The smallest absolute Gasteiger partial charge is 0.325 e. The van der Waals surface area contributed by atoms with Gasteiger partial charge in [0.1, 0.15) is 29.0 Å². The number of methoxy groups -OCH3 is 1. The molecule has 3 rings (SSSR count). The molecule has 1 heterocycles. The van der Waals surface area contributed by atoms with Crippen LogP contribution in [0.2, 0.25) is 0 Å². The van der Waals surface area contributed by atoms with Gasteiger partial charge < -0.3 is 31.2 Å².